The second-order valence-electron chi connectivity index (χ2n) is 3.76. The van der Waals surface area contributed by atoms with Gasteiger partial charge in [0.1, 0.15) is 0 Å². The fraction of sp³-hybridized carbons (Fsp3) is 1.00. The average molecular weight is 268 g/mol. The van der Waals surface area contributed by atoms with Crippen LogP contribution in [0.5, 0.6) is 0 Å². The van der Waals surface area contributed by atoms with Crippen molar-refractivity contribution in [1.29, 1.82) is 0 Å². The van der Waals surface area contributed by atoms with Crippen molar-refractivity contribution in [3.63, 3.8) is 0 Å². The molecule has 0 spiro atoms. The average Bonchev–Trinajstić information content (AvgIpc) is 1.59. The van der Waals surface area contributed by atoms with Gasteiger partial charge in [0.25, 0.3) is 0 Å². The molecule has 0 amide bonds. The van der Waals surface area contributed by atoms with E-state index >= 15 is 0 Å². The monoisotopic (exact) mass is 269 g/mol. The molecule has 0 saturated heterocycles. The molecule has 0 radical (unpaired) electrons. The number of hydrogen-bond donors (Lipinski definition) is 0. The molecular formula is C7H19NSSn. The standard InChI is InChI=1S/C4H11NS.3CH3.Sn/c1-5(2)3-4-6;;;;/h6H,3-4H2,1-2H3;3*1H3;/q;;;;+1/p-1. The first-order chi connectivity index (χ1) is 4.42. The van der Waals surface area contributed by atoms with Crippen LogP contribution in [0, 0.1) is 0 Å². The van der Waals surface area contributed by atoms with Gasteiger partial charge in [0.2, 0.25) is 0 Å². The van der Waals surface area contributed by atoms with Gasteiger partial charge in [0.15, 0.2) is 0 Å². The molecule has 0 aliphatic heterocycles. The zero-order valence-electron chi connectivity index (χ0n) is 7.77. The third-order valence-electron chi connectivity index (χ3n) is 1.07. The molecule has 0 aromatic heterocycles. The molecule has 3 heteroatoms. The van der Waals surface area contributed by atoms with E-state index in [1.54, 1.807) is 0 Å². The summed E-state index contributed by atoms with van der Waals surface area (Å²) < 4.78 is 0. The van der Waals surface area contributed by atoms with E-state index in [-0.39, 0.29) is 0 Å². The van der Waals surface area contributed by atoms with E-state index in [1.165, 1.54) is 12.3 Å². The molecule has 0 aliphatic carbocycles. The number of nitrogens with zero attached hydrogens (tertiary/aromatic N) is 1. The van der Waals surface area contributed by atoms with Crippen molar-refractivity contribution < 1.29 is 0 Å². The van der Waals surface area contributed by atoms with Gasteiger partial charge in [-0.2, -0.15) is 0 Å². The molecule has 0 bridgehead atoms. The Labute approximate surface area is 71.9 Å². The van der Waals surface area contributed by atoms with Gasteiger partial charge in [-0.3, -0.25) is 0 Å². The number of rotatable bonds is 4. The molecule has 0 N–H and O–H groups in total. The summed E-state index contributed by atoms with van der Waals surface area (Å²) in [5.74, 6) is 1.33. The van der Waals surface area contributed by atoms with E-state index < -0.39 is 17.0 Å². The predicted molar refractivity (Wildman–Crippen MR) is 54.4 cm³/mol. The van der Waals surface area contributed by atoms with E-state index in [2.05, 4.69) is 42.8 Å². The van der Waals surface area contributed by atoms with Crippen LogP contribution in [0.2, 0.25) is 14.8 Å². The van der Waals surface area contributed by atoms with Crippen LogP contribution in [0.4, 0.5) is 0 Å². The first-order valence-corrected chi connectivity index (χ1v) is 16.7. The Morgan fingerprint density at radius 1 is 1.20 bits per heavy atom. The van der Waals surface area contributed by atoms with Crippen LogP contribution in [0.15, 0.2) is 0 Å². The van der Waals surface area contributed by atoms with Crippen LogP contribution in [0.3, 0.4) is 0 Å². The minimum atomic E-state index is -1.48. The zero-order valence-corrected chi connectivity index (χ0v) is 11.4. The molecule has 0 aromatic rings. The normalized spacial score (nSPS) is 12.6. The van der Waals surface area contributed by atoms with Crippen molar-refractivity contribution in [2.75, 3.05) is 26.4 Å². The van der Waals surface area contributed by atoms with Gasteiger partial charge in [-0.15, -0.1) is 0 Å². The summed E-state index contributed by atoms with van der Waals surface area (Å²) in [6, 6.07) is 0. The molecule has 0 fully saturated rings. The predicted octanol–water partition coefficient (Wildman–Crippen LogP) is 2.12. The molecule has 0 saturated carbocycles. The summed E-state index contributed by atoms with van der Waals surface area (Å²) >= 11 is -1.48. The van der Waals surface area contributed by atoms with Gasteiger partial charge in [-0.25, -0.2) is 0 Å². The molecule has 0 aliphatic rings. The summed E-state index contributed by atoms with van der Waals surface area (Å²) in [6.07, 6.45) is 0. The fourth-order valence-electron chi connectivity index (χ4n) is 0.534. The van der Waals surface area contributed by atoms with Gasteiger partial charge >= 0.3 is 72.1 Å². The molecule has 1 nitrogen and oxygen atoms in total. The second-order valence-corrected chi connectivity index (χ2v) is 27.2. The minimum absolute atomic E-state index is 1.23. The third-order valence-corrected chi connectivity index (χ3v) is 11.5. The van der Waals surface area contributed by atoms with Crippen molar-refractivity contribution in [3.05, 3.63) is 0 Å². The van der Waals surface area contributed by atoms with Crippen LogP contribution >= 0.6 is 8.95 Å². The van der Waals surface area contributed by atoms with Crippen LogP contribution in [0.25, 0.3) is 0 Å². The van der Waals surface area contributed by atoms with Crippen molar-refractivity contribution >= 4 is 25.9 Å². The molecular weight excluding hydrogens is 249 g/mol. The van der Waals surface area contributed by atoms with Crippen molar-refractivity contribution in [1.82, 2.24) is 4.90 Å². The van der Waals surface area contributed by atoms with E-state index in [9.17, 15) is 0 Å². The molecule has 0 heterocycles. The van der Waals surface area contributed by atoms with E-state index in [1.807, 2.05) is 0 Å². The second kappa shape index (κ2) is 4.88. The van der Waals surface area contributed by atoms with E-state index in [4.69, 9.17) is 0 Å². The third kappa shape index (κ3) is 9.11. The van der Waals surface area contributed by atoms with Crippen LogP contribution in [0.1, 0.15) is 0 Å². The van der Waals surface area contributed by atoms with Crippen LogP contribution in [-0.2, 0) is 0 Å². The molecule has 0 rings (SSSR count). The first kappa shape index (κ1) is 11.1. The Balaban J connectivity index is 3.21. The Morgan fingerprint density at radius 2 is 1.70 bits per heavy atom. The summed E-state index contributed by atoms with van der Waals surface area (Å²) in [5, 5.41) is 0. The van der Waals surface area contributed by atoms with Gasteiger partial charge in [-0.1, -0.05) is 0 Å². The van der Waals surface area contributed by atoms with Gasteiger partial charge in [0.05, 0.1) is 0 Å². The van der Waals surface area contributed by atoms with Crippen molar-refractivity contribution in [2.45, 2.75) is 14.8 Å². The number of hydrogen-bond acceptors (Lipinski definition) is 2. The SMILES string of the molecule is CN(C)CC[S][Sn]([CH3])([CH3])[CH3]. The van der Waals surface area contributed by atoms with E-state index in [0.717, 1.165) is 0 Å². The Kier molecular flexibility index (Phi) is 5.42. The summed E-state index contributed by atoms with van der Waals surface area (Å²) in [4.78, 5) is 9.66. The Hall–Kier alpha value is 1.11. The van der Waals surface area contributed by atoms with Crippen molar-refractivity contribution in [2.24, 2.45) is 0 Å². The van der Waals surface area contributed by atoms with E-state index in [0.29, 0.717) is 0 Å². The quantitative estimate of drug-likeness (QED) is 0.718. The van der Waals surface area contributed by atoms with Crippen LogP contribution in [-0.4, -0.2) is 48.3 Å². The Bertz CT molecular complexity index is 88.1. The van der Waals surface area contributed by atoms with Gasteiger partial charge < -0.3 is 0 Å². The summed E-state index contributed by atoms with van der Waals surface area (Å²) in [7, 11) is 6.51. The molecule has 0 atom stereocenters. The summed E-state index contributed by atoms with van der Waals surface area (Å²) in [6.45, 7) is 1.23. The fourth-order valence-corrected chi connectivity index (χ4v) is 7.63. The molecule has 0 unspecified atom stereocenters. The Morgan fingerprint density at radius 3 is 2.00 bits per heavy atom. The topological polar surface area (TPSA) is 3.24 Å². The molecule has 62 valence electrons. The van der Waals surface area contributed by atoms with Gasteiger partial charge in [0, 0.05) is 0 Å². The maximum atomic E-state index is 2.47. The maximum absolute atomic E-state index is 2.47. The molecule has 0 aromatic carbocycles. The zero-order chi connectivity index (χ0) is 8.20. The van der Waals surface area contributed by atoms with Gasteiger partial charge in [-0.05, 0) is 0 Å². The molecule has 10 heavy (non-hydrogen) atoms. The summed E-state index contributed by atoms with van der Waals surface area (Å²) in [5.41, 5.74) is 0. The van der Waals surface area contributed by atoms with Crippen LogP contribution < -0.4 is 0 Å². The first-order valence-electron chi connectivity index (χ1n) is 3.70. The van der Waals surface area contributed by atoms with Crippen molar-refractivity contribution in [3.8, 4) is 0 Å².